The van der Waals surface area contributed by atoms with Crippen LogP contribution in [-0.4, -0.2) is 34.9 Å². The molecule has 1 unspecified atom stereocenters. The third-order valence-corrected chi connectivity index (χ3v) is 6.51. The number of nitrogens with zero attached hydrogens (tertiary/aromatic N) is 2. The lowest BCUT2D eigenvalue weighted by molar-refractivity contribution is 0.0631. The molecule has 5 rings (SSSR count). The van der Waals surface area contributed by atoms with Gasteiger partial charge in [0.25, 0.3) is 5.91 Å². The van der Waals surface area contributed by atoms with Gasteiger partial charge in [-0.15, -0.1) is 0 Å². The maximum Gasteiger partial charge on any atom is 0.257 e. The fourth-order valence-electron chi connectivity index (χ4n) is 4.58. The van der Waals surface area contributed by atoms with E-state index >= 15 is 4.39 Å². The molecule has 0 radical (unpaired) electrons. The minimum atomic E-state index is -0.433. The van der Waals surface area contributed by atoms with Crippen LogP contribution in [0.4, 0.5) is 10.2 Å². The summed E-state index contributed by atoms with van der Waals surface area (Å²) in [5.41, 5.74) is 2.78. The quantitative estimate of drug-likeness (QED) is 0.860. The molecule has 0 bridgehead atoms. The highest BCUT2D eigenvalue weighted by Crippen LogP contribution is 2.54. The van der Waals surface area contributed by atoms with E-state index in [-0.39, 0.29) is 22.9 Å². The number of carbonyl (C=O) groups is 1. The topological polar surface area (TPSA) is 45.2 Å². The van der Waals surface area contributed by atoms with Crippen LogP contribution in [0.3, 0.4) is 0 Å². The van der Waals surface area contributed by atoms with E-state index in [1.54, 1.807) is 24.4 Å². The van der Waals surface area contributed by atoms with Crippen LogP contribution < -0.4 is 5.32 Å². The second-order valence-electron chi connectivity index (χ2n) is 8.26. The Morgan fingerprint density at radius 2 is 2.19 bits per heavy atom. The Morgan fingerprint density at radius 3 is 2.96 bits per heavy atom. The van der Waals surface area contributed by atoms with Crippen molar-refractivity contribution in [2.45, 2.75) is 50.5 Å². The van der Waals surface area contributed by atoms with Crippen LogP contribution in [0, 0.1) is 5.82 Å². The van der Waals surface area contributed by atoms with Gasteiger partial charge in [0.1, 0.15) is 11.6 Å². The first kappa shape index (κ1) is 16.7. The monoisotopic (exact) mass is 365 g/mol. The molecule has 1 saturated heterocycles. The van der Waals surface area contributed by atoms with Crippen molar-refractivity contribution >= 4 is 11.7 Å². The van der Waals surface area contributed by atoms with Crippen molar-refractivity contribution in [3.63, 3.8) is 0 Å². The van der Waals surface area contributed by atoms with Gasteiger partial charge in [0, 0.05) is 47.4 Å². The van der Waals surface area contributed by atoms with Crippen molar-refractivity contribution in [2.75, 3.05) is 18.4 Å². The van der Waals surface area contributed by atoms with Gasteiger partial charge in [0.05, 0.1) is 5.56 Å². The Kier molecular flexibility index (Phi) is 3.74. The molecule has 1 amide bonds. The average molecular weight is 365 g/mol. The predicted octanol–water partition coefficient (Wildman–Crippen LogP) is 4.36. The van der Waals surface area contributed by atoms with Gasteiger partial charge in [0.15, 0.2) is 0 Å². The van der Waals surface area contributed by atoms with Gasteiger partial charge in [-0.25, -0.2) is 9.37 Å². The Labute approximate surface area is 158 Å². The van der Waals surface area contributed by atoms with Gasteiger partial charge >= 0.3 is 0 Å². The highest BCUT2D eigenvalue weighted by molar-refractivity contribution is 5.96. The molecule has 1 aliphatic carbocycles. The summed E-state index contributed by atoms with van der Waals surface area (Å²) in [7, 11) is 0. The summed E-state index contributed by atoms with van der Waals surface area (Å²) in [6.07, 6.45) is 7.13. The zero-order valence-corrected chi connectivity index (χ0v) is 15.6. The van der Waals surface area contributed by atoms with Crippen molar-refractivity contribution in [2.24, 2.45) is 0 Å². The van der Waals surface area contributed by atoms with Crippen LogP contribution in [0.5, 0.6) is 0 Å². The van der Waals surface area contributed by atoms with E-state index < -0.39 is 5.82 Å². The molecule has 1 aromatic heterocycles. The Hall–Kier alpha value is -2.43. The first-order valence-electron chi connectivity index (χ1n) is 9.93. The minimum absolute atomic E-state index is 0.164. The number of fused-ring (bicyclic) bond motifs is 2. The molecule has 3 heterocycles. The summed E-state index contributed by atoms with van der Waals surface area (Å²) in [5, 5.41) is 3.36. The predicted molar refractivity (Wildman–Crippen MR) is 103 cm³/mol. The zero-order valence-electron chi connectivity index (χ0n) is 15.6. The molecule has 140 valence electrons. The van der Waals surface area contributed by atoms with E-state index in [1.807, 2.05) is 11.8 Å². The Bertz CT molecular complexity index is 922. The molecular formula is C22H24FN3O. The molecule has 4 nitrogen and oxygen atoms in total. The van der Waals surface area contributed by atoms with E-state index in [0.717, 1.165) is 50.0 Å². The van der Waals surface area contributed by atoms with Gasteiger partial charge in [-0.3, -0.25) is 4.79 Å². The molecule has 1 saturated carbocycles. The van der Waals surface area contributed by atoms with Gasteiger partial charge in [-0.05, 0) is 51.2 Å². The molecule has 1 aromatic carbocycles. The van der Waals surface area contributed by atoms with Gasteiger partial charge in [-0.2, -0.15) is 0 Å². The summed E-state index contributed by atoms with van der Waals surface area (Å²) in [5.74, 6) is 0.292. The van der Waals surface area contributed by atoms with Crippen molar-refractivity contribution in [1.82, 2.24) is 9.88 Å². The lowest BCUT2D eigenvalue weighted by Gasteiger charge is -2.33. The molecule has 2 aromatic rings. The van der Waals surface area contributed by atoms with E-state index in [1.165, 1.54) is 5.56 Å². The molecule has 1 spiro atoms. The van der Waals surface area contributed by atoms with Gasteiger partial charge in [-0.1, -0.05) is 12.1 Å². The summed E-state index contributed by atoms with van der Waals surface area (Å²) in [6.45, 7) is 3.68. The molecule has 1 atom stereocenters. The third-order valence-electron chi connectivity index (χ3n) is 6.51. The highest BCUT2D eigenvalue weighted by Gasteiger charge is 2.49. The third kappa shape index (κ3) is 2.63. The molecule has 2 fully saturated rings. The first-order chi connectivity index (χ1) is 13.1. The van der Waals surface area contributed by atoms with Crippen molar-refractivity contribution in [3.05, 3.63) is 47.4 Å². The highest BCUT2D eigenvalue weighted by atomic mass is 19.1. The number of aromatic nitrogens is 1. The number of likely N-dealkylation sites (tertiary alicyclic amines) is 1. The van der Waals surface area contributed by atoms with Crippen molar-refractivity contribution in [1.29, 1.82) is 0 Å². The summed E-state index contributed by atoms with van der Waals surface area (Å²) in [4.78, 5) is 19.3. The lowest BCUT2D eigenvalue weighted by Crippen LogP contribution is -2.42. The maximum atomic E-state index is 15.4. The minimum Gasteiger partial charge on any atom is -0.369 e. The second kappa shape index (κ2) is 6.04. The van der Waals surface area contributed by atoms with Crippen LogP contribution >= 0.6 is 0 Å². The summed E-state index contributed by atoms with van der Waals surface area (Å²) in [6, 6.07) is 7.35. The van der Waals surface area contributed by atoms with Crippen molar-refractivity contribution in [3.8, 4) is 11.1 Å². The van der Waals surface area contributed by atoms with E-state index in [4.69, 9.17) is 0 Å². The number of carbonyl (C=O) groups excluding carboxylic acids is 1. The van der Waals surface area contributed by atoms with Gasteiger partial charge < -0.3 is 10.2 Å². The van der Waals surface area contributed by atoms with Crippen molar-refractivity contribution < 1.29 is 9.18 Å². The summed E-state index contributed by atoms with van der Waals surface area (Å²) >= 11 is 0. The number of pyridine rings is 1. The Morgan fingerprint density at radius 1 is 1.33 bits per heavy atom. The second-order valence-corrected chi connectivity index (χ2v) is 8.26. The van der Waals surface area contributed by atoms with Crippen LogP contribution in [0.25, 0.3) is 11.1 Å². The number of nitrogens with one attached hydrogen (secondary N) is 1. The number of amides is 1. The number of hydrogen-bond donors (Lipinski definition) is 1. The van der Waals surface area contributed by atoms with Crippen LogP contribution in [0.1, 0.15) is 54.9 Å². The number of piperidine rings is 1. The molecular weight excluding hydrogens is 341 g/mol. The zero-order chi connectivity index (χ0) is 18.6. The average Bonchev–Trinajstić information content (AvgIpc) is 3.38. The molecule has 2 aliphatic heterocycles. The fourth-order valence-corrected chi connectivity index (χ4v) is 4.58. The van der Waals surface area contributed by atoms with Crippen LogP contribution in [0.2, 0.25) is 0 Å². The standard InChI is InChI=1S/C22H24FN3O/c1-14-5-2-3-10-26(14)21(27)17-7-4-6-16(19(17)23)15-11-18-20(24-12-15)25-13-22(18)8-9-22/h4,6-7,11-12,14H,2-3,5,8-10,13H2,1H3,(H,24,25). The number of anilines is 1. The molecule has 3 aliphatic rings. The molecule has 5 heteroatoms. The normalized spacial score (nSPS) is 22.4. The van der Waals surface area contributed by atoms with E-state index in [0.29, 0.717) is 12.1 Å². The van der Waals surface area contributed by atoms with Crippen LogP contribution in [-0.2, 0) is 5.41 Å². The molecule has 27 heavy (non-hydrogen) atoms. The van der Waals surface area contributed by atoms with E-state index in [2.05, 4.69) is 16.4 Å². The largest absolute Gasteiger partial charge is 0.369 e. The molecule has 1 N–H and O–H groups in total. The number of halogens is 1. The smallest absolute Gasteiger partial charge is 0.257 e. The number of benzene rings is 1. The maximum absolute atomic E-state index is 15.4. The number of rotatable bonds is 2. The summed E-state index contributed by atoms with van der Waals surface area (Å²) < 4.78 is 15.4. The fraction of sp³-hybridized carbons (Fsp3) is 0.455. The van der Waals surface area contributed by atoms with Crippen LogP contribution in [0.15, 0.2) is 30.5 Å². The van der Waals surface area contributed by atoms with Gasteiger partial charge in [0.2, 0.25) is 0 Å². The first-order valence-corrected chi connectivity index (χ1v) is 9.93. The van der Waals surface area contributed by atoms with E-state index in [9.17, 15) is 4.79 Å². The number of hydrogen-bond acceptors (Lipinski definition) is 3. The Balaban J connectivity index is 1.52. The lowest BCUT2D eigenvalue weighted by atomic mass is 9.95. The SMILES string of the molecule is CC1CCCCN1C(=O)c1cccc(-c2cnc3c(c2)C2(CC2)CN3)c1F.